The van der Waals surface area contributed by atoms with E-state index in [1.807, 2.05) is 37.0 Å². The van der Waals surface area contributed by atoms with E-state index in [-0.39, 0.29) is 5.91 Å². The maximum absolute atomic E-state index is 11.8. The summed E-state index contributed by atoms with van der Waals surface area (Å²) in [4.78, 5) is 13.8. The van der Waals surface area contributed by atoms with Gasteiger partial charge in [0.25, 0.3) is 0 Å². The first-order valence-corrected chi connectivity index (χ1v) is 8.91. The first-order chi connectivity index (χ1) is 11.8. The fourth-order valence-corrected chi connectivity index (χ4v) is 3.19. The molecule has 0 spiro atoms. The van der Waals surface area contributed by atoms with Crippen LogP contribution < -0.4 is 10.6 Å². The van der Waals surface area contributed by atoms with Crippen LogP contribution in [-0.4, -0.2) is 11.9 Å². The zero-order valence-electron chi connectivity index (χ0n) is 16.3. The van der Waals surface area contributed by atoms with Gasteiger partial charge in [0.15, 0.2) is 0 Å². The number of fused-ring (bicyclic) bond motifs is 1. The van der Waals surface area contributed by atoms with E-state index in [4.69, 9.17) is 5.73 Å². The summed E-state index contributed by atoms with van der Waals surface area (Å²) < 4.78 is 0. The number of nitrogens with zero attached hydrogens (tertiary/aromatic N) is 1. The molecule has 3 heteroatoms. The molecule has 0 bridgehead atoms. The summed E-state index contributed by atoms with van der Waals surface area (Å²) in [6, 6.07) is 8.61. The Morgan fingerprint density at radius 1 is 1.32 bits per heavy atom. The van der Waals surface area contributed by atoms with Crippen molar-refractivity contribution >= 4 is 11.6 Å². The Hall–Kier alpha value is -2.29. The van der Waals surface area contributed by atoms with E-state index in [1.165, 1.54) is 11.1 Å². The van der Waals surface area contributed by atoms with Crippen molar-refractivity contribution in [3.8, 4) is 0 Å². The van der Waals surface area contributed by atoms with Crippen molar-refractivity contribution in [3.05, 3.63) is 65.9 Å². The van der Waals surface area contributed by atoms with Gasteiger partial charge in [-0.2, -0.15) is 0 Å². The van der Waals surface area contributed by atoms with Crippen LogP contribution in [0.15, 0.2) is 60.3 Å². The summed E-state index contributed by atoms with van der Waals surface area (Å²) in [7, 11) is 0. The van der Waals surface area contributed by atoms with Crippen molar-refractivity contribution in [2.75, 3.05) is 4.90 Å². The van der Waals surface area contributed by atoms with Gasteiger partial charge in [0.05, 0.1) is 0 Å². The molecule has 2 N–H and O–H groups in total. The lowest BCUT2D eigenvalue weighted by atomic mass is 9.85. The van der Waals surface area contributed by atoms with Crippen molar-refractivity contribution in [3.63, 3.8) is 0 Å². The molecule has 1 aliphatic rings. The van der Waals surface area contributed by atoms with E-state index < -0.39 is 0 Å². The molecule has 1 amide bonds. The lowest BCUT2D eigenvalue weighted by molar-refractivity contribution is -0.117. The highest BCUT2D eigenvalue weighted by atomic mass is 16.2. The molecule has 2 atom stereocenters. The largest absolute Gasteiger partial charge is 0.399 e. The summed E-state index contributed by atoms with van der Waals surface area (Å²) >= 11 is 0. The monoisotopic (exact) mass is 340 g/mol. The van der Waals surface area contributed by atoms with Crippen LogP contribution in [0, 0.1) is 5.92 Å². The van der Waals surface area contributed by atoms with Crippen LogP contribution in [0.2, 0.25) is 0 Å². The van der Waals surface area contributed by atoms with Gasteiger partial charge in [-0.15, -0.1) is 0 Å². The molecule has 1 aliphatic heterocycles. The Morgan fingerprint density at radius 3 is 2.48 bits per heavy atom. The molecule has 3 nitrogen and oxygen atoms in total. The van der Waals surface area contributed by atoms with E-state index in [0.29, 0.717) is 17.7 Å². The number of rotatable bonds is 3. The maximum Gasteiger partial charge on any atom is 0.224 e. The molecule has 2 rings (SSSR count). The fraction of sp³-hybridized carbons (Fsp3) is 0.409. The van der Waals surface area contributed by atoms with Crippen LogP contribution >= 0.6 is 0 Å². The molecule has 0 aliphatic carbocycles. The van der Waals surface area contributed by atoms with Gasteiger partial charge in [-0.3, -0.25) is 4.79 Å². The van der Waals surface area contributed by atoms with Crippen LogP contribution in [0.1, 0.15) is 46.6 Å². The van der Waals surface area contributed by atoms with Crippen molar-refractivity contribution in [2.24, 2.45) is 11.7 Å². The van der Waals surface area contributed by atoms with E-state index in [1.54, 1.807) is 13.0 Å². The predicted molar refractivity (Wildman–Crippen MR) is 108 cm³/mol. The summed E-state index contributed by atoms with van der Waals surface area (Å²) in [5.74, 6) is 0.703. The molecular weight excluding hydrogens is 308 g/mol. The Bertz CT molecular complexity index is 654. The quantitative estimate of drug-likeness (QED) is 0.788. The third-order valence-corrected chi connectivity index (χ3v) is 4.28. The average Bonchev–Trinajstić information content (AvgIpc) is 2.53. The lowest BCUT2D eigenvalue weighted by Gasteiger charge is -2.40. The number of allylic oxidation sites excluding steroid dienone is 4. The molecule has 1 aromatic carbocycles. The number of para-hydroxylation sites is 1. The topological polar surface area (TPSA) is 46.3 Å². The second kappa shape index (κ2) is 9.87. The molecule has 0 fully saturated rings. The Morgan fingerprint density at radius 2 is 1.96 bits per heavy atom. The zero-order chi connectivity index (χ0) is 19.0. The standard InChI is InChI=1S/C14H19NO.C8H13N/c1-4-13-10(2)9-12-7-5-6-8-14(12)15(13)11(3)16;1-7(2)5-4-6-8(3)9/h5-8,10,13H,4,9H2,1-3H3;4-6H,3,9H2,1-2H3/b;6-4-/t10-,13+;/m1./s1. The second-order valence-corrected chi connectivity index (χ2v) is 6.85. The normalized spacial score (nSPS) is 18.8. The number of benzene rings is 1. The predicted octanol–water partition coefficient (Wildman–Crippen LogP) is 4.99. The molecular formula is C22H32N2O. The van der Waals surface area contributed by atoms with Gasteiger partial charge in [-0.25, -0.2) is 0 Å². The molecule has 25 heavy (non-hydrogen) atoms. The average molecular weight is 341 g/mol. The summed E-state index contributed by atoms with van der Waals surface area (Å²) in [5.41, 5.74) is 9.53. The highest BCUT2D eigenvalue weighted by molar-refractivity contribution is 5.93. The Kier molecular flexibility index (Phi) is 8.20. The number of carbonyl (C=O) groups excluding carboxylic acids is 1. The van der Waals surface area contributed by atoms with E-state index in [2.05, 4.69) is 38.6 Å². The van der Waals surface area contributed by atoms with Crippen LogP contribution in [-0.2, 0) is 11.2 Å². The smallest absolute Gasteiger partial charge is 0.224 e. The Labute approximate surface area is 152 Å². The summed E-state index contributed by atoms with van der Waals surface area (Å²) in [5, 5.41) is 0. The van der Waals surface area contributed by atoms with Gasteiger partial charge in [0.1, 0.15) is 0 Å². The molecule has 0 aromatic heterocycles. The minimum atomic E-state index is 0.158. The number of amides is 1. The van der Waals surface area contributed by atoms with E-state index in [0.717, 1.165) is 18.5 Å². The van der Waals surface area contributed by atoms with Crippen molar-refractivity contribution in [2.45, 2.75) is 53.5 Å². The van der Waals surface area contributed by atoms with Crippen LogP contribution in [0.25, 0.3) is 0 Å². The van der Waals surface area contributed by atoms with Crippen molar-refractivity contribution in [1.82, 2.24) is 0 Å². The lowest BCUT2D eigenvalue weighted by Crippen LogP contribution is -2.46. The van der Waals surface area contributed by atoms with Gasteiger partial charge >= 0.3 is 0 Å². The SMILES string of the molecule is C=C(N)/C=C\C=C(C)C.CC[C@H]1[C@H](C)Cc2ccccc2N1C(C)=O. The highest BCUT2D eigenvalue weighted by Crippen LogP contribution is 2.34. The molecule has 0 unspecified atom stereocenters. The van der Waals surface area contributed by atoms with Gasteiger partial charge < -0.3 is 10.6 Å². The third kappa shape index (κ3) is 6.26. The number of anilines is 1. The van der Waals surface area contributed by atoms with Crippen molar-refractivity contribution in [1.29, 1.82) is 0 Å². The van der Waals surface area contributed by atoms with Gasteiger partial charge in [0.2, 0.25) is 5.91 Å². The second-order valence-electron chi connectivity index (χ2n) is 6.85. The summed E-state index contributed by atoms with van der Waals surface area (Å²) in [6.07, 6.45) is 7.75. The molecule has 1 heterocycles. The van der Waals surface area contributed by atoms with E-state index in [9.17, 15) is 4.79 Å². The minimum Gasteiger partial charge on any atom is -0.399 e. The number of nitrogens with two attached hydrogens (primary N) is 1. The molecule has 1 aromatic rings. The van der Waals surface area contributed by atoms with Crippen LogP contribution in [0.5, 0.6) is 0 Å². The highest BCUT2D eigenvalue weighted by Gasteiger charge is 2.32. The molecule has 0 saturated carbocycles. The minimum absolute atomic E-state index is 0.158. The molecule has 0 saturated heterocycles. The van der Waals surface area contributed by atoms with Crippen molar-refractivity contribution < 1.29 is 4.79 Å². The third-order valence-electron chi connectivity index (χ3n) is 4.28. The number of hydrogen-bond donors (Lipinski definition) is 1. The fourth-order valence-electron chi connectivity index (χ4n) is 3.19. The molecule has 0 radical (unpaired) electrons. The summed E-state index contributed by atoms with van der Waals surface area (Å²) in [6.45, 7) is 13.6. The van der Waals surface area contributed by atoms with Gasteiger partial charge in [-0.1, -0.05) is 56.4 Å². The first kappa shape index (κ1) is 20.8. The first-order valence-electron chi connectivity index (χ1n) is 8.91. The maximum atomic E-state index is 11.8. The number of carbonyl (C=O) groups is 1. The van der Waals surface area contributed by atoms with E-state index >= 15 is 0 Å². The number of hydrogen-bond acceptors (Lipinski definition) is 2. The Balaban J connectivity index is 0.000000299. The van der Waals surface area contributed by atoms with Crippen LogP contribution in [0.3, 0.4) is 0 Å². The molecule has 136 valence electrons. The van der Waals surface area contributed by atoms with Gasteiger partial charge in [-0.05, 0) is 50.3 Å². The van der Waals surface area contributed by atoms with Crippen LogP contribution in [0.4, 0.5) is 5.69 Å². The van der Waals surface area contributed by atoms with Gasteiger partial charge in [0, 0.05) is 24.4 Å². The zero-order valence-corrected chi connectivity index (χ0v) is 16.3.